The number of rotatable bonds is 8. The molecule has 2 heterocycles. The molecule has 0 spiro atoms. The second-order valence-electron chi connectivity index (χ2n) is 6.50. The maximum Gasteiger partial charge on any atom is 0.249 e. The number of carbonyl (C=O) groups is 1. The number of amides is 1. The van der Waals surface area contributed by atoms with Gasteiger partial charge in [0.25, 0.3) is 0 Å². The summed E-state index contributed by atoms with van der Waals surface area (Å²) < 4.78 is 1.69. The summed E-state index contributed by atoms with van der Waals surface area (Å²) in [5, 5.41) is 21.1. The van der Waals surface area contributed by atoms with E-state index >= 15 is 0 Å². The SMILES string of the molecule is CCC(C(=O)Nc1nnc(C(C)C)s1)n1c(N)nnc1SCc1ccccc1. The minimum Gasteiger partial charge on any atom is -0.368 e. The van der Waals surface area contributed by atoms with E-state index in [1.165, 1.54) is 23.1 Å². The van der Waals surface area contributed by atoms with Crippen LogP contribution < -0.4 is 11.1 Å². The Kier molecular flexibility index (Phi) is 6.63. The summed E-state index contributed by atoms with van der Waals surface area (Å²) in [6.07, 6.45) is 0.544. The monoisotopic (exact) mass is 417 g/mol. The van der Waals surface area contributed by atoms with E-state index in [1.807, 2.05) is 51.1 Å². The Bertz CT molecular complexity index is 923. The molecule has 10 heteroatoms. The molecule has 8 nitrogen and oxygen atoms in total. The van der Waals surface area contributed by atoms with Crippen molar-refractivity contribution in [3.8, 4) is 0 Å². The Hall–Kier alpha value is -2.46. The number of nitrogens with two attached hydrogens (primary N) is 1. The van der Waals surface area contributed by atoms with E-state index in [-0.39, 0.29) is 17.8 Å². The molecule has 3 rings (SSSR count). The molecule has 0 fully saturated rings. The summed E-state index contributed by atoms with van der Waals surface area (Å²) in [6.45, 7) is 6.00. The first-order valence-corrected chi connectivity index (χ1v) is 10.8. The maximum absolute atomic E-state index is 12.9. The largest absolute Gasteiger partial charge is 0.368 e. The van der Waals surface area contributed by atoms with E-state index in [0.29, 0.717) is 22.5 Å². The zero-order chi connectivity index (χ0) is 20.1. The summed E-state index contributed by atoms with van der Waals surface area (Å²) in [4.78, 5) is 12.9. The number of nitrogens with one attached hydrogen (secondary N) is 1. The van der Waals surface area contributed by atoms with Crippen molar-refractivity contribution in [2.45, 2.75) is 50.1 Å². The number of thioether (sulfide) groups is 1. The predicted octanol–water partition coefficient (Wildman–Crippen LogP) is 3.72. The molecule has 1 aromatic carbocycles. The van der Waals surface area contributed by atoms with Gasteiger partial charge in [0.1, 0.15) is 11.0 Å². The number of anilines is 2. The number of hydrogen-bond acceptors (Lipinski definition) is 8. The predicted molar refractivity (Wildman–Crippen MR) is 112 cm³/mol. The van der Waals surface area contributed by atoms with E-state index < -0.39 is 6.04 Å². The highest BCUT2D eigenvalue weighted by atomic mass is 32.2. The molecule has 28 heavy (non-hydrogen) atoms. The van der Waals surface area contributed by atoms with Crippen molar-refractivity contribution in [1.29, 1.82) is 0 Å². The average Bonchev–Trinajstić information content (AvgIpc) is 3.29. The fourth-order valence-electron chi connectivity index (χ4n) is 2.59. The van der Waals surface area contributed by atoms with Crippen molar-refractivity contribution in [2.75, 3.05) is 11.1 Å². The maximum atomic E-state index is 12.9. The summed E-state index contributed by atoms with van der Waals surface area (Å²) in [6, 6.07) is 9.52. The molecule has 0 aliphatic rings. The number of aromatic nitrogens is 5. The van der Waals surface area contributed by atoms with Crippen molar-refractivity contribution in [3.05, 3.63) is 40.9 Å². The first kappa shape index (κ1) is 20.3. The number of nitrogens with zero attached hydrogens (tertiary/aromatic N) is 5. The lowest BCUT2D eigenvalue weighted by Gasteiger charge is -2.18. The van der Waals surface area contributed by atoms with Crippen molar-refractivity contribution in [2.24, 2.45) is 0 Å². The topological polar surface area (TPSA) is 112 Å². The lowest BCUT2D eigenvalue weighted by atomic mass is 10.2. The van der Waals surface area contributed by atoms with E-state index in [0.717, 1.165) is 10.6 Å². The lowest BCUT2D eigenvalue weighted by Crippen LogP contribution is -2.27. The Morgan fingerprint density at radius 1 is 1.21 bits per heavy atom. The molecule has 1 unspecified atom stereocenters. The molecule has 3 aromatic rings. The molecule has 1 amide bonds. The molecule has 0 bridgehead atoms. The number of nitrogen functional groups attached to an aromatic ring is 1. The number of carbonyl (C=O) groups excluding carboxylic acids is 1. The fourth-order valence-corrected chi connectivity index (χ4v) is 4.29. The average molecular weight is 418 g/mol. The highest BCUT2D eigenvalue weighted by Gasteiger charge is 2.26. The first-order chi connectivity index (χ1) is 13.5. The molecule has 148 valence electrons. The van der Waals surface area contributed by atoms with Crippen LogP contribution in [0.2, 0.25) is 0 Å². The van der Waals surface area contributed by atoms with E-state index in [4.69, 9.17) is 5.73 Å². The highest BCUT2D eigenvalue weighted by molar-refractivity contribution is 7.98. The molecular weight excluding hydrogens is 394 g/mol. The summed E-state index contributed by atoms with van der Waals surface area (Å²) >= 11 is 2.88. The van der Waals surface area contributed by atoms with Crippen LogP contribution in [0.25, 0.3) is 0 Å². The second kappa shape index (κ2) is 9.16. The van der Waals surface area contributed by atoms with Crippen LogP contribution >= 0.6 is 23.1 Å². The zero-order valence-electron chi connectivity index (χ0n) is 16.0. The first-order valence-electron chi connectivity index (χ1n) is 9.01. The highest BCUT2D eigenvalue weighted by Crippen LogP contribution is 2.29. The molecule has 0 aliphatic carbocycles. The van der Waals surface area contributed by atoms with Crippen molar-refractivity contribution in [1.82, 2.24) is 25.0 Å². The summed E-state index contributed by atoms with van der Waals surface area (Å²) in [5.74, 6) is 0.991. The second-order valence-corrected chi connectivity index (χ2v) is 8.45. The van der Waals surface area contributed by atoms with Crippen LogP contribution in [0.4, 0.5) is 11.1 Å². The Morgan fingerprint density at radius 3 is 2.61 bits per heavy atom. The lowest BCUT2D eigenvalue weighted by molar-refractivity contribution is -0.119. The van der Waals surface area contributed by atoms with Crippen LogP contribution in [0, 0.1) is 0 Å². The van der Waals surface area contributed by atoms with Gasteiger partial charge in [0.05, 0.1) is 0 Å². The van der Waals surface area contributed by atoms with Crippen molar-refractivity contribution >= 4 is 40.1 Å². The third-order valence-electron chi connectivity index (χ3n) is 4.07. The van der Waals surface area contributed by atoms with Gasteiger partial charge < -0.3 is 5.73 Å². The third-order valence-corrected chi connectivity index (χ3v) is 6.22. The normalized spacial score (nSPS) is 12.3. The van der Waals surface area contributed by atoms with Gasteiger partial charge in [-0.3, -0.25) is 14.7 Å². The molecule has 0 aliphatic heterocycles. The Labute approximate surface area is 172 Å². The Balaban J connectivity index is 1.75. The van der Waals surface area contributed by atoms with Crippen LogP contribution in [0.15, 0.2) is 35.5 Å². The Morgan fingerprint density at radius 2 is 1.96 bits per heavy atom. The van der Waals surface area contributed by atoms with Gasteiger partial charge >= 0.3 is 0 Å². The van der Waals surface area contributed by atoms with Gasteiger partial charge in [-0.05, 0) is 12.0 Å². The quantitative estimate of drug-likeness (QED) is 0.537. The minimum atomic E-state index is -0.528. The molecular formula is C18H23N7OS2. The van der Waals surface area contributed by atoms with Crippen LogP contribution in [-0.2, 0) is 10.5 Å². The summed E-state index contributed by atoms with van der Waals surface area (Å²) in [7, 11) is 0. The number of hydrogen-bond donors (Lipinski definition) is 2. The molecule has 1 atom stereocenters. The third kappa shape index (κ3) is 4.68. The molecule has 2 aromatic heterocycles. The van der Waals surface area contributed by atoms with E-state index in [1.54, 1.807) is 4.57 Å². The van der Waals surface area contributed by atoms with Crippen LogP contribution in [0.3, 0.4) is 0 Å². The molecule has 0 saturated heterocycles. The van der Waals surface area contributed by atoms with Crippen LogP contribution in [0.5, 0.6) is 0 Å². The van der Waals surface area contributed by atoms with Gasteiger partial charge in [-0.1, -0.05) is 74.2 Å². The fraction of sp³-hybridized carbons (Fsp3) is 0.389. The number of benzene rings is 1. The van der Waals surface area contributed by atoms with Crippen LogP contribution in [0.1, 0.15) is 49.7 Å². The van der Waals surface area contributed by atoms with E-state index in [2.05, 4.69) is 25.7 Å². The molecule has 3 N–H and O–H groups in total. The molecule has 0 radical (unpaired) electrons. The van der Waals surface area contributed by atoms with Crippen molar-refractivity contribution < 1.29 is 4.79 Å². The van der Waals surface area contributed by atoms with Crippen molar-refractivity contribution in [3.63, 3.8) is 0 Å². The van der Waals surface area contributed by atoms with Gasteiger partial charge in [-0.15, -0.1) is 20.4 Å². The van der Waals surface area contributed by atoms with Crippen LogP contribution in [-0.4, -0.2) is 30.9 Å². The van der Waals surface area contributed by atoms with E-state index in [9.17, 15) is 4.79 Å². The van der Waals surface area contributed by atoms with Gasteiger partial charge in [-0.2, -0.15) is 0 Å². The zero-order valence-corrected chi connectivity index (χ0v) is 17.6. The van der Waals surface area contributed by atoms with Gasteiger partial charge in [-0.25, -0.2) is 0 Å². The standard InChI is InChI=1S/C18H23N7OS2/c1-4-13(14(26)20-17-23-21-15(28-17)11(2)3)25-16(19)22-24-18(25)27-10-12-8-6-5-7-9-12/h5-9,11,13H,4,10H2,1-3H3,(H2,19,22)(H,20,23,26). The van der Waals surface area contributed by atoms with Gasteiger partial charge in [0.2, 0.25) is 17.0 Å². The molecule has 0 saturated carbocycles. The summed E-state index contributed by atoms with van der Waals surface area (Å²) in [5.41, 5.74) is 7.19. The van der Waals surface area contributed by atoms with Gasteiger partial charge in [0, 0.05) is 11.7 Å². The smallest absolute Gasteiger partial charge is 0.249 e. The van der Waals surface area contributed by atoms with Gasteiger partial charge in [0.15, 0.2) is 5.16 Å². The minimum absolute atomic E-state index is 0.206.